The van der Waals surface area contributed by atoms with E-state index in [4.69, 9.17) is 9.47 Å². The van der Waals surface area contributed by atoms with Gasteiger partial charge in [0, 0.05) is 37.5 Å². The maximum atomic E-state index is 13.4. The molecule has 158 valence electrons. The second kappa shape index (κ2) is 8.67. The normalized spacial score (nSPS) is 16.8. The maximum absolute atomic E-state index is 13.4. The molecule has 1 aromatic heterocycles. The van der Waals surface area contributed by atoms with Crippen molar-refractivity contribution in [2.75, 3.05) is 31.0 Å². The Labute approximate surface area is 168 Å². The number of alkyl halides is 2. The van der Waals surface area contributed by atoms with Crippen LogP contribution in [-0.2, 0) is 11.3 Å². The molecule has 0 saturated carbocycles. The van der Waals surface area contributed by atoms with Crippen LogP contribution in [0.4, 0.5) is 20.2 Å². The van der Waals surface area contributed by atoms with Gasteiger partial charge in [0.15, 0.2) is 5.69 Å². The number of anilines is 2. The van der Waals surface area contributed by atoms with Crippen LogP contribution in [0.15, 0.2) is 24.4 Å². The Kier molecular flexibility index (Phi) is 6.24. The molecule has 0 bridgehead atoms. The lowest BCUT2D eigenvalue weighted by atomic mass is 10.2. The van der Waals surface area contributed by atoms with E-state index in [0.29, 0.717) is 36.7 Å². The van der Waals surface area contributed by atoms with Gasteiger partial charge in [0.2, 0.25) is 5.91 Å². The van der Waals surface area contributed by atoms with Crippen molar-refractivity contribution < 1.29 is 23.0 Å². The summed E-state index contributed by atoms with van der Waals surface area (Å²) < 4.78 is 38.9. The minimum Gasteiger partial charge on any atom is -0.497 e. The molecule has 1 saturated heterocycles. The zero-order valence-corrected chi connectivity index (χ0v) is 17.0. The van der Waals surface area contributed by atoms with Crippen LogP contribution < -0.4 is 19.7 Å². The van der Waals surface area contributed by atoms with E-state index in [2.05, 4.69) is 10.4 Å². The first-order chi connectivity index (χ1) is 13.8. The third-order valence-corrected chi connectivity index (χ3v) is 4.73. The van der Waals surface area contributed by atoms with Crippen LogP contribution >= 0.6 is 0 Å². The van der Waals surface area contributed by atoms with Crippen molar-refractivity contribution in [3.8, 4) is 11.5 Å². The number of carbonyl (C=O) groups excluding carboxylic acids is 1. The number of halogens is 2. The SMILES string of the molecule is COc1cc(OC)cc(N2CC[C@@H](Nc3cn(CC(C)C)nc3C(F)F)C2=O)c1. The fraction of sp³-hybridized carbons (Fsp3) is 0.500. The van der Waals surface area contributed by atoms with Crippen molar-refractivity contribution in [1.82, 2.24) is 9.78 Å². The van der Waals surface area contributed by atoms with Crippen molar-refractivity contribution in [2.45, 2.75) is 39.3 Å². The highest BCUT2D eigenvalue weighted by atomic mass is 19.3. The van der Waals surface area contributed by atoms with Crippen LogP contribution in [0.2, 0.25) is 0 Å². The molecule has 0 radical (unpaired) electrons. The summed E-state index contributed by atoms with van der Waals surface area (Å²) in [6.07, 6.45) is -0.691. The molecule has 0 aliphatic carbocycles. The number of hydrogen-bond acceptors (Lipinski definition) is 5. The van der Waals surface area contributed by atoms with Crippen molar-refractivity contribution >= 4 is 17.3 Å². The van der Waals surface area contributed by atoms with Crippen molar-refractivity contribution in [3.05, 3.63) is 30.1 Å². The van der Waals surface area contributed by atoms with Gasteiger partial charge in [0.1, 0.15) is 17.5 Å². The summed E-state index contributed by atoms with van der Waals surface area (Å²) in [6.45, 7) is 4.95. The quantitative estimate of drug-likeness (QED) is 0.721. The molecule has 3 rings (SSSR count). The van der Waals surface area contributed by atoms with Gasteiger partial charge in [-0.25, -0.2) is 8.78 Å². The Bertz CT molecular complexity index is 847. The van der Waals surface area contributed by atoms with Gasteiger partial charge >= 0.3 is 0 Å². The molecule has 0 unspecified atom stereocenters. The van der Waals surface area contributed by atoms with E-state index < -0.39 is 12.5 Å². The summed E-state index contributed by atoms with van der Waals surface area (Å²) in [5.74, 6) is 1.20. The first-order valence-corrected chi connectivity index (χ1v) is 9.48. The van der Waals surface area contributed by atoms with Crippen LogP contribution in [0.5, 0.6) is 11.5 Å². The molecule has 7 nitrogen and oxygen atoms in total. The van der Waals surface area contributed by atoms with E-state index in [-0.39, 0.29) is 23.2 Å². The number of ether oxygens (including phenoxy) is 2. The molecule has 1 aliphatic heterocycles. The number of hydrogen-bond donors (Lipinski definition) is 1. The summed E-state index contributed by atoms with van der Waals surface area (Å²) in [4.78, 5) is 14.5. The predicted molar refractivity (Wildman–Crippen MR) is 106 cm³/mol. The second-order valence-corrected chi connectivity index (χ2v) is 7.39. The van der Waals surface area contributed by atoms with Gasteiger partial charge in [-0.15, -0.1) is 0 Å². The number of rotatable bonds is 8. The first-order valence-electron chi connectivity index (χ1n) is 9.48. The number of amides is 1. The second-order valence-electron chi connectivity index (χ2n) is 7.39. The Morgan fingerprint density at radius 3 is 2.41 bits per heavy atom. The number of nitrogens with one attached hydrogen (secondary N) is 1. The van der Waals surface area contributed by atoms with Crippen molar-refractivity contribution in [1.29, 1.82) is 0 Å². The lowest BCUT2D eigenvalue weighted by molar-refractivity contribution is -0.117. The number of aromatic nitrogens is 2. The average molecular weight is 408 g/mol. The topological polar surface area (TPSA) is 68.6 Å². The molecular weight excluding hydrogens is 382 g/mol. The maximum Gasteiger partial charge on any atom is 0.284 e. The number of carbonyl (C=O) groups is 1. The predicted octanol–water partition coefficient (Wildman–Crippen LogP) is 3.71. The van der Waals surface area contributed by atoms with E-state index in [1.165, 1.54) is 18.9 Å². The van der Waals surface area contributed by atoms with E-state index in [1.54, 1.807) is 29.3 Å². The highest BCUT2D eigenvalue weighted by molar-refractivity contribution is 6.01. The minimum atomic E-state index is -2.72. The Morgan fingerprint density at radius 1 is 1.21 bits per heavy atom. The highest BCUT2D eigenvalue weighted by Gasteiger charge is 2.34. The van der Waals surface area contributed by atoms with Crippen LogP contribution in [0, 0.1) is 5.92 Å². The van der Waals surface area contributed by atoms with Gasteiger partial charge in [-0.05, 0) is 12.3 Å². The standard InChI is InChI=1S/C20H26F2N4O3/c1-12(2)10-25-11-17(18(24-25)19(21)22)23-16-5-6-26(20(16)27)13-7-14(28-3)9-15(8-13)29-4/h7-9,11-12,16,19,23H,5-6,10H2,1-4H3/t16-/m1/s1. The van der Waals surface area contributed by atoms with E-state index in [0.717, 1.165) is 0 Å². The molecule has 9 heteroatoms. The molecule has 1 aromatic carbocycles. The summed E-state index contributed by atoms with van der Waals surface area (Å²) in [6, 6.07) is 4.60. The van der Waals surface area contributed by atoms with Gasteiger partial charge in [-0.3, -0.25) is 9.48 Å². The molecule has 1 atom stereocenters. The molecule has 29 heavy (non-hydrogen) atoms. The number of nitrogens with zero attached hydrogens (tertiary/aromatic N) is 3. The third kappa shape index (κ3) is 4.60. The van der Waals surface area contributed by atoms with Gasteiger partial charge in [-0.2, -0.15) is 5.10 Å². The molecular formula is C20H26F2N4O3. The lowest BCUT2D eigenvalue weighted by Crippen LogP contribution is -2.33. The molecule has 2 heterocycles. The first kappa shape index (κ1) is 20.9. The van der Waals surface area contributed by atoms with Gasteiger partial charge in [0.05, 0.1) is 25.6 Å². The number of methoxy groups -OCH3 is 2. The summed E-state index contributed by atoms with van der Waals surface area (Å²) in [7, 11) is 3.07. The molecule has 1 N–H and O–H groups in total. The van der Waals surface area contributed by atoms with Crippen LogP contribution in [0.25, 0.3) is 0 Å². The van der Waals surface area contributed by atoms with Crippen molar-refractivity contribution in [2.24, 2.45) is 5.92 Å². The third-order valence-electron chi connectivity index (χ3n) is 4.73. The van der Waals surface area contributed by atoms with E-state index >= 15 is 0 Å². The van der Waals surface area contributed by atoms with Crippen molar-refractivity contribution in [3.63, 3.8) is 0 Å². The summed E-state index contributed by atoms with van der Waals surface area (Å²) >= 11 is 0. The Hall–Kier alpha value is -2.84. The van der Waals surface area contributed by atoms with Gasteiger partial charge in [0.25, 0.3) is 6.43 Å². The zero-order chi connectivity index (χ0) is 21.1. The molecule has 0 spiro atoms. The highest BCUT2D eigenvalue weighted by Crippen LogP contribution is 2.33. The zero-order valence-electron chi connectivity index (χ0n) is 17.0. The van der Waals surface area contributed by atoms with Gasteiger partial charge < -0.3 is 19.7 Å². The molecule has 1 amide bonds. The monoisotopic (exact) mass is 408 g/mol. The van der Waals surface area contributed by atoms with Gasteiger partial charge in [-0.1, -0.05) is 13.8 Å². The lowest BCUT2D eigenvalue weighted by Gasteiger charge is -2.19. The smallest absolute Gasteiger partial charge is 0.284 e. The Balaban J connectivity index is 1.80. The summed E-state index contributed by atoms with van der Waals surface area (Å²) in [5, 5.41) is 6.96. The van der Waals surface area contributed by atoms with Crippen LogP contribution in [0.3, 0.4) is 0 Å². The fourth-order valence-electron chi connectivity index (χ4n) is 3.38. The van der Waals surface area contributed by atoms with Crippen LogP contribution in [-0.4, -0.2) is 42.5 Å². The minimum absolute atomic E-state index is 0.197. The molecule has 1 fully saturated rings. The Morgan fingerprint density at radius 2 is 1.86 bits per heavy atom. The molecule has 2 aromatic rings. The van der Waals surface area contributed by atoms with Crippen LogP contribution in [0.1, 0.15) is 32.4 Å². The van der Waals surface area contributed by atoms with E-state index in [1.807, 2.05) is 13.8 Å². The fourth-order valence-corrected chi connectivity index (χ4v) is 3.38. The largest absolute Gasteiger partial charge is 0.497 e. The molecule has 1 aliphatic rings. The average Bonchev–Trinajstić information content (AvgIpc) is 3.24. The summed E-state index contributed by atoms with van der Waals surface area (Å²) in [5.41, 5.74) is 0.504. The van der Waals surface area contributed by atoms with E-state index in [9.17, 15) is 13.6 Å². The number of benzene rings is 1.